The Labute approximate surface area is 257 Å². The quantitative estimate of drug-likeness (QED) is 0.328. The van der Waals surface area contributed by atoms with Gasteiger partial charge in [-0.1, -0.05) is 23.7 Å². The Hall–Kier alpha value is -3.95. The number of pyridine rings is 1. The zero-order valence-corrected chi connectivity index (χ0v) is 26.0. The molecular weight excluding hydrogens is 562 g/mol. The molecule has 4 heterocycles. The third-order valence-electron chi connectivity index (χ3n) is 8.85. The number of nitrogens with one attached hydrogen (secondary N) is 1. The van der Waals surface area contributed by atoms with Gasteiger partial charge in [-0.25, -0.2) is 4.98 Å². The lowest BCUT2D eigenvalue weighted by Crippen LogP contribution is -2.44. The van der Waals surface area contributed by atoms with Gasteiger partial charge in [0.1, 0.15) is 5.65 Å². The molecule has 0 aliphatic carbocycles. The van der Waals surface area contributed by atoms with Crippen LogP contribution in [0.1, 0.15) is 36.9 Å². The van der Waals surface area contributed by atoms with Crippen LogP contribution in [0.3, 0.4) is 0 Å². The highest BCUT2D eigenvalue weighted by Crippen LogP contribution is 2.32. The molecule has 0 spiro atoms. The summed E-state index contributed by atoms with van der Waals surface area (Å²) in [5, 5.41) is 4.79. The summed E-state index contributed by atoms with van der Waals surface area (Å²) in [6, 6.07) is 13.5. The summed E-state index contributed by atoms with van der Waals surface area (Å²) in [5.74, 6) is 0.435. The third-order valence-corrected chi connectivity index (χ3v) is 9.10. The number of likely N-dealkylation sites (tertiary alicyclic amines) is 1. The number of nitrogens with zero attached hydrogens (tertiary/aromatic N) is 6. The molecule has 1 atom stereocenters. The van der Waals surface area contributed by atoms with E-state index in [0.29, 0.717) is 35.3 Å². The fourth-order valence-corrected chi connectivity index (χ4v) is 6.53. The zero-order valence-electron chi connectivity index (χ0n) is 25.2. The van der Waals surface area contributed by atoms with Crippen LogP contribution in [0.2, 0.25) is 5.02 Å². The zero-order chi connectivity index (χ0) is 30.2. The van der Waals surface area contributed by atoms with E-state index in [2.05, 4.69) is 52.3 Å². The van der Waals surface area contributed by atoms with E-state index in [0.717, 1.165) is 61.2 Å². The van der Waals surface area contributed by atoms with Crippen molar-refractivity contribution in [2.45, 2.75) is 39.7 Å². The predicted octanol–water partition coefficient (Wildman–Crippen LogP) is 5.41. The van der Waals surface area contributed by atoms with Crippen molar-refractivity contribution in [1.82, 2.24) is 24.3 Å². The molecular formula is C33H38ClN7O2. The molecule has 1 N–H and O–H groups in total. The monoisotopic (exact) mass is 599 g/mol. The van der Waals surface area contributed by atoms with Crippen molar-refractivity contribution in [3.8, 4) is 11.1 Å². The first-order chi connectivity index (χ1) is 20.7. The average molecular weight is 600 g/mol. The number of halogens is 1. The van der Waals surface area contributed by atoms with Crippen molar-refractivity contribution in [1.29, 1.82) is 0 Å². The van der Waals surface area contributed by atoms with E-state index in [1.165, 1.54) is 11.3 Å². The molecule has 0 unspecified atom stereocenters. The second-order valence-corrected chi connectivity index (χ2v) is 12.2. The highest BCUT2D eigenvalue weighted by Gasteiger charge is 2.28. The number of amides is 1. The number of likely N-dealkylation sites (N-methyl/N-ethyl adjacent to an activating group) is 1. The van der Waals surface area contributed by atoms with Crippen LogP contribution in [0, 0.1) is 13.8 Å². The minimum Gasteiger partial charge on any atom is -0.369 e. The number of benzene rings is 2. The number of piperidine rings is 1. The molecule has 10 heteroatoms. The fraction of sp³-hybridized carbons (Fsp3) is 0.394. The second kappa shape index (κ2) is 12.0. The Bertz CT molecular complexity index is 1730. The highest BCUT2D eigenvalue weighted by molar-refractivity contribution is 6.30. The SMILES string of the molecule is CC(=O)N1CCC[C@H](n2c(=O)c(-c3ccc(Cl)cc3)c(C)c3cnc(Nc4ccc(N5CCN(C)CC5)c(C)c4)nc32)C1. The average Bonchev–Trinajstić information content (AvgIpc) is 2.99. The molecule has 0 bridgehead atoms. The van der Waals surface area contributed by atoms with Gasteiger partial charge in [0.05, 0.1) is 11.6 Å². The number of hydrogen-bond acceptors (Lipinski definition) is 7. The number of hydrogen-bond donors (Lipinski definition) is 1. The summed E-state index contributed by atoms with van der Waals surface area (Å²) in [6.07, 6.45) is 3.39. The molecule has 4 aromatic rings. The van der Waals surface area contributed by atoms with Gasteiger partial charge in [0.25, 0.3) is 5.56 Å². The van der Waals surface area contributed by atoms with Crippen molar-refractivity contribution >= 4 is 45.9 Å². The lowest BCUT2D eigenvalue weighted by Gasteiger charge is -2.35. The first-order valence-electron chi connectivity index (χ1n) is 14.9. The maximum atomic E-state index is 14.3. The number of anilines is 3. The molecule has 0 saturated carbocycles. The van der Waals surface area contributed by atoms with E-state index in [4.69, 9.17) is 16.6 Å². The van der Waals surface area contributed by atoms with E-state index in [1.54, 1.807) is 29.8 Å². The van der Waals surface area contributed by atoms with Gasteiger partial charge < -0.3 is 20.0 Å². The van der Waals surface area contributed by atoms with Crippen molar-refractivity contribution in [2.75, 3.05) is 56.5 Å². The van der Waals surface area contributed by atoms with Gasteiger partial charge in [-0.15, -0.1) is 0 Å². The van der Waals surface area contributed by atoms with Gasteiger partial charge in [-0.05, 0) is 80.8 Å². The molecule has 1 amide bonds. The number of aromatic nitrogens is 3. The molecule has 2 aliphatic heterocycles. The Morgan fingerprint density at radius 1 is 1.02 bits per heavy atom. The Morgan fingerprint density at radius 2 is 1.77 bits per heavy atom. The van der Waals surface area contributed by atoms with Crippen LogP contribution in [-0.4, -0.2) is 76.6 Å². The van der Waals surface area contributed by atoms with Crippen LogP contribution >= 0.6 is 11.6 Å². The van der Waals surface area contributed by atoms with Gasteiger partial charge in [0.2, 0.25) is 11.9 Å². The normalized spacial score (nSPS) is 17.8. The van der Waals surface area contributed by atoms with E-state index < -0.39 is 0 Å². The highest BCUT2D eigenvalue weighted by atomic mass is 35.5. The van der Waals surface area contributed by atoms with Crippen LogP contribution in [0.15, 0.2) is 53.5 Å². The van der Waals surface area contributed by atoms with Crippen LogP contribution < -0.4 is 15.8 Å². The van der Waals surface area contributed by atoms with E-state index in [9.17, 15) is 9.59 Å². The van der Waals surface area contributed by atoms with E-state index >= 15 is 0 Å². The second-order valence-electron chi connectivity index (χ2n) is 11.8. The van der Waals surface area contributed by atoms with Crippen molar-refractivity contribution in [2.24, 2.45) is 0 Å². The first-order valence-corrected chi connectivity index (χ1v) is 15.3. The first kappa shape index (κ1) is 29.1. The summed E-state index contributed by atoms with van der Waals surface area (Å²) in [7, 11) is 2.16. The van der Waals surface area contributed by atoms with E-state index in [1.807, 2.05) is 24.0 Å². The van der Waals surface area contributed by atoms with Crippen LogP contribution in [0.4, 0.5) is 17.3 Å². The van der Waals surface area contributed by atoms with Crippen LogP contribution in [0.25, 0.3) is 22.2 Å². The fourth-order valence-electron chi connectivity index (χ4n) is 6.40. The summed E-state index contributed by atoms with van der Waals surface area (Å²) < 4.78 is 1.79. The molecule has 43 heavy (non-hydrogen) atoms. The predicted molar refractivity (Wildman–Crippen MR) is 174 cm³/mol. The minimum atomic E-state index is -0.202. The summed E-state index contributed by atoms with van der Waals surface area (Å²) >= 11 is 6.17. The molecule has 224 valence electrons. The topological polar surface area (TPSA) is 86.6 Å². The summed E-state index contributed by atoms with van der Waals surface area (Å²) in [5.41, 5.74) is 5.96. The molecule has 6 rings (SSSR count). The van der Waals surface area contributed by atoms with Crippen molar-refractivity contribution < 1.29 is 4.79 Å². The number of carbonyl (C=O) groups is 1. The third kappa shape index (κ3) is 5.84. The van der Waals surface area contributed by atoms with Crippen molar-refractivity contribution in [3.63, 3.8) is 0 Å². The van der Waals surface area contributed by atoms with Gasteiger partial charge >= 0.3 is 0 Å². The lowest BCUT2D eigenvalue weighted by molar-refractivity contribution is -0.130. The number of piperazine rings is 1. The Balaban J connectivity index is 1.41. The molecule has 2 aliphatic rings. The number of aryl methyl sites for hydroxylation is 2. The number of rotatable bonds is 5. The van der Waals surface area contributed by atoms with Crippen LogP contribution in [0.5, 0.6) is 0 Å². The summed E-state index contributed by atoms with van der Waals surface area (Å²) in [4.78, 5) is 42.9. The molecule has 0 radical (unpaired) electrons. The molecule has 9 nitrogen and oxygen atoms in total. The standard InChI is InChI=1S/C33H38ClN7O2/c1-21-18-26(11-12-29(21)39-16-14-38(4)15-17-39)36-33-35-19-28-22(2)30(24-7-9-25(34)10-8-24)32(43)41(31(28)37-33)27-6-5-13-40(20-27)23(3)42/h7-12,18-19,27H,5-6,13-17,20H2,1-4H3,(H,35,36,37)/t27-/m0/s1. The lowest BCUT2D eigenvalue weighted by atomic mass is 9.98. The van der Waals surface area contributed by atoms with Crippen molar-refractivity contribution in [3.05, 3.63) is 75.2 Å². The van der Waals surface area contributed by atoms with Gasteiger partial charge in [-0.3, -0.25) is 14.2 Å². The summed E-state index contributed by atoms with van der Waals surface area (Å²) in [6.45, 7) is 10.9. The van der Waals surface area contributed by atoms with Gasteiger partial charge in [-0.2, -0.15) is 4.98 Å². The Morgan fingerprint density at radius 3 is 2.47 bits per heavy atom. The number of carbonyl (C=O) groups excluding carboxylic acids is 1. The maximum absolute atomic E-state index is 14.3. The molecule has 2 aromatic heterocycles. The molecule has 2 saturated heterocycles. The Kier molecular flexibility index (Phi) is 8.11. The molecule has 2 fully saturated rings. The van der Waals surface area contributed by atoms with Crippen LogP contribution in [-0.2, 0) is 4.79 Å². The maximum Gasteiger partial charge on any atom is 0.260 e. The largest absolute Gasteiger partial charge is 0.369 e. The minimum absolute atomic E-state index is 0.0134. The van der Waals surface area contributed by atoms with Gasteiger partial charge in [0, 0.05) is 74.2 Å². The number of fused-ring (bicyclic) bond motifs is 1. The molecule has 2 aromatic carbocycles. The van der Waals surface area contributed by atoms with E-state index in [-0.39, 0.29) is 17.5 Å². The van der Waals surface area contributed by atoms with Gasteiger partial charge in [0.15, 0.2) is 0 Å². The smallest absolute Gasteiger partial charge is 0.260 e.